The summed E-state index contributed by atoms with van der Waals surface area (Å²) in [4.78, 5) is 34.5. The molecule has 248 valence electrons. The molecule has 0 aliphatic rings. The van der Waals surface area contributed by atoms with Gasteiger partial charge in [0.25, 0.3) is 0 Å². The highest BCUT2D eigenvalue weighted by Gasteiger charge is 2.27. The van der Waals surface area contributed by atoms with Crippen LogP contribution in [0.4, 0.5) is 0 Å². The van der Waals surface area contributed by atoms with Crippen LogP contribution in [0.1, 0.15) is 129 Å². The van der Waals surface area contributed by atoms with Gasteiger partial charge in [-0.05, 0) is 38.5 Å². The van der Waals surface area contributed by atoms with Gasteiger partial charge in [0, 0.05) is 12.8 Å². The van der Waals surface area contributed by atoms with Crippen molar-refractivity contribution in [3.63, 3.8) is 0 Å². The molecule has 0 aromatic heterocycles. The molecule has 2 unspecified atom stereocenters. The third-order valence-corrected chi connectivity index (χ3v) is 7.78. The van der Waals surface area contributed by atoms with Crippen molar-refractivity contribution in [2.75, 3.05) is 47.5 Å². The van der Waals surface area contributed by atoms with Crippen molar-refractivity contribution in [3.8, 4) is 0 Å². The van der Waals surface area contributed by atoms with Crippen LogP contribution in [0.2, 0.25) is 0 Å². The average Bonchev–Trinajstić information content (AvgIpc) is 2.91. The number of phosphoric acid groups is 1. The summed E-state index contributed by atoms with van der Waals surface area (Å²) in [5.74, 6) is -0.838. The molecular formula is C32H63NO8P+. The van der Waals surface area contributed by atoms with E-state index in [1.54, 1.807) is 0 Å². The second kappa shape index (κ2) is 26.2. The van der Waals surface area contributed by atoms with E-state index < -0.39 is 32.5 Å². The Morgan fingerprint density at radius 2 is 1.21 bits per heavy atom. The van der Waals surface area contributed by atoms with Gasteiger partial charge in [-0.1, -0.05) is 90.2 Å². The summed E-state index contributed by atoms with van der Waals surface area (Å²) in [5.41, 5.74) is 0. The molecule has 1 N–H and O–H groups in total. The van der Waals surface area contributed by atoms with Crippen LogP contribution in [0, 0.1) is 0 Å². The molecule has 0 bridgehead atoms. The zero-order valence-corrected chi connectivity index (χ0v) is 28.4. The van der Waals surface area contributed by atoms with Crippen molar-refractivity contribution in [3.05, 3.63) is 12.2 Å². The van der Waals surface area contributed by atoms with Crippen LogP contribution >= 0.6 is 7.82 Å². The predicted octanol–water partition coefficient (Wildman–Crippen LogP) is 7.90. The molecule has 0 heterocycles. The van der Waals surface area contributed by atoms with E-state index in [4.69, 9.17) is 18.5 Å². The molecule has 2 atom stereocenters. The number of phosphoric ester groups is 1. The fourth-order valence-corrected chi connectivity index (χ4v) is 4.86. The first-order valence-electron chi connectivity index (χ1n) is 16.4. The van der Waals surface area contributed by atoms with Gasteiger partial charge in [0.1, 0.15) is 19.8 Å². The van der Waals surface area contributed by atoms with Crippen molar-refractivity contribution in [2.24, 2.45) is 0 Å². The first-order chi connectivity index (χ1) is 20.0. The van der Waals surface area contributed by atoms with E-state index in [0.29, 0.717) is 17.4 Å². The Kier molecular flexibility index (Phi) is 25.4. The Bertz CT molecular complexity index is 753. The minimum atomic E-state index is -4.35. The van der Waals surface area contributed by atoms with E-state index >= 15 is 0 Å². The summed E-state index contributed by atoms with van der Waals surface area (Å²) in [6.45, 7) is 4.19. The SMILES string of the molecule is CCCCCCCC/C=C\CCCCCCCC(=O)OC(COC(=O)CCCCC)COP(=O)(O)OCC[N+](C)(C)C. The maximum atomic E-state index is 12.5. The topological polar surface area (TPSA) is 108 Å². The van der Waals surface area contributed by atoms with Gasteiger partial charge >= 0.3 is 19.8 Å². The first kappa shape index (κ1) is 40.8. The number of rotatable bonds is 29. The van der Waals surface area contributed by atoms with E-state index in [0.717, 1.165) is 51.4 Å². The normalized spacial score (nSPS) is 14.1. The largest absolute Gasteiger partial charge is 0.472 e. The highest BCUT2D eigenvalue weighted by atomic mass is 31.2. The third kappa shape index (κ3) is 28.9. The number of ether oxygens (including phenoxy) is 2. The van der Waals surface area contributed by atoms with Gasteiger partial charge in [0.05, 0.1) is 27.7 Å². The lowest BCUT2D eigenvalue weighted by molar-refractivity contribution is -0.870. The zero-order chi connectivity index (χ0) is 31.5. The molecule has 0 fully saturated rings. The number of hydrogen-bond acceptors (Lipinski definition) is 7. The molecular weight excluding hydrogens is 557 g/mol. The lowest BCUT2D eigenvalue weighted by Crippen LogP contribution is -2.37. The fraction of sp³-hybridized carbons (Fsp3) is 0.875. The molecule has 10 heteroatoms. The molecule has 9 nitrogen and oxygen atoms in total. The molecule has 0 aliphatic carbocycles. The number of likely N-dealkylation sites (N-methyl/N-ethyl adjacent to an activating group) is 1. The number of esters is 2. The average molecular weight is 621 g/mol. The zero-order valence-electron chi connectivity index (χ0n) is 27.5. The smallest absolute Gasteiger partial charge is 0.462 e. The van der Waals surface area contributed by atoms with Crippen molar-refractivity contribution >= 4 is 19.8 Å². The van der Waals surface area contributed by atoms with Crippen molar-refractivity contribution < 1.29 is 42.1 Å². The maximum Gasteiger partial charge on any atom is 0.472 e. The predicted molar refractivity (Wildman–Crippen MR) is 169 cm³/mol. The number of quaternary nitrogens is 1. The fourth-order valence-electron chi connectivity index (χ4n) is 4.12. The van der Waals surface area contributed by atoms with E-state index in [9.17, 15) is 19.0 Å². The summed E-state index contributed by atoms with van der Waals surface area (Å²) < 4.78 is 33.7. The molecule has 0 saturated heterocycles. The number of allylic oxidation sites excluding steroid dienone is 2. The highest BCUT2D eigenvalue weighted by molar-refractivity contribution is 7.47. The van der Waals surface area contributed by atoms with Crippen LogP contribution in [0.3, 0.4) is 0 Å². The van der Waals surface area contributed by atoms with Gasteiger partial charge in [-0.25, -0.2) is 4.57 Å². The molecule has 42 heavy (non-hydrogen) atoms. The van der Waals surface area contributed by atoms with Crippen molar-refractivity contribution in [2.45, 2.75) is 136 Å². The summed E-state index contributed by atoms with van der Waals surface area (Å²) in [7, 11) is 1.47. The molecule has 0 radical (unpaired) electrons. The van der Waals surface area contributed by atoms with Crippen LogP contribution in [-0.2, 0) is 32.7 Å². The molecule has 0 spiro atoms. The molecule has 0 aliphatic heterocycles. The first-order valence-corrected chi connectivity index (χ1v) is 17.9. The summed E-state index contributed by atoms with van der Waals surface area (Å²) in [6, 6.07) is 0. The summed E-state index contributed by atoms with van der Waals surface area (Å²) in [6.07, 6.45) is 22.0. The third-order valence-electron chi connectivity index (χ3n) is 6.80. The molecule has 0 amide bonds. The van der Waals surface area contributed by atoms with Gasteiger partial charge in [-0.3, -0.25) is 18.6 Å². The number of carbonyl (C=O) groups is 2. The lowest BCUT2D eigenvalue weighted by atomic mass is 10.1. The van der Waals surface area contributed by atoms with Gasteiger partial charge in [-0.2, -0.15) is 0 Å². The molecule has 0 aromatic carbocycles. The Morgan fingerprint density at radius 3 is 1.81 bits per heavy atom. The van der Waals surface area contributed by atoms with Crippen molar-refractivity contribution in [1.82, 2.24) is 0 Å². The van der Waals surface area contributed by atoms with Crippen LogP contribution in [0.5, 0.6) is 0 Å². The van der Waals surface area contributed by atoms with Crippen LogP contribution < -0.4 is 0 Å². The molecule has 0 aromatic rings. The van der Waals surface area contributed by atoms with Gasteiger partial charge in [-0.15, -0.1) is 0 Å². The summed E-state index contributed by atoms with van der Waals surface area (Å²) in [5, 5.41) is 0. The van der Waals surface area contributed by atoms with Crippen LogP contribution in [0.25, 0.3) is 0 Å². The van der Waals surface area contributed by atoms with Crippen molar-refractivity contribution in [1.29, 1.82) is 0 Å². The second-order valence-corrected chi connectivity index (χ2v) is 13.7. The number of hydrogen-bond donors (Lipinski definition) is 1. The minimum absolute atomic E-state index is 0.0314. The maximum absolute atomic E-state index is 12.5. The monoisotopic (exact) mass is 620 g/mol. The number of carbonyl (C=O) groups excluding carboxylic acids is 2. The van der Waals surface area contributed by atoms with Gasteiger partial charge < -0.3 is 18.9 Å². The Balaban J connectivity index is 4.32. The minimum Gasteiger partial charge on any atom is -0.462 e. The van der Waals surface area contributed by atoms with E-state index in [2.05, 4.69) is 19.1 Å². The molecule has 0 rings (SSSR count). The Hall–Kier alpha value is -1.25. The van der Waals surface area contributed by atoms with Crippen LogP contribution in [0.15, 0.2) is 12.2 Å². The van der Waals surface area contributed by atoms with Crippen LogP contribution in [-0.4, -0.2) is 74.9 Å². The highest BCUT2D eigenvalue weighted by Crippen LogP contribution is 2.43. The standard InChI is InChI=1S/C32H62NO8P/c1-6-8-10-11-12-13-14-15-16-17-18-19-20-21-23-25-32(35)41-30(28-38-31(34)24-22-9-7-2)29-40-42(36,37)39-27-26-33(3,4)5/h15-16,30H,6-14,17-29H2,1-5H3/p+1/b16-15-. The number of unbranched alkanes of at least 4 members (excludes halogenated alkanes) is 13. The Morgan fingerprint density at radius 1 is 0.714 bits per heavy atom. The quantitative estimate of drug-likeness (QED) is 0.0296. The Labute approximate surface area is 256 Å². The van der Waals surface area contributed by atoms with Gasteiger partial charge in [0.2, 0.25) is 0 Å². The van der Waals surface area contributed by atoms with E-state index in [1.165, 1.54) is 44.9 Å². The van der Waals surface area contributed by atoms with E-state index in [1.807, 2.05) is 28.1 Å². The second-order valence-electron chi connectivity index (χ2n) is 12.2. The molecule has 0 saturated carbocycles. The lowest BCUT2D eigenvalue weighted by Gasteiger charge is -2.24. The summed E-state index contributed by atoms with van der Waals surface area (Å²) >= 11 is 0. The van der Waals surface area contributed by atoms with E-state index in [-0.39, 0.29) is 26.1 Å². The van der Waals surface area contributed by atoms with Gasteiger partial charge in [0.15, 0.2) is 6.10 Å². The number of nitrogens with zero attached hydrogens (tertiary/aromatic N) is 1.